The van der Waals surface area contributed by atoms with Crippen LogP contribution in [-0.2, 0) is 30.5 Å². The highest BCUT2D eigenvalue weighted by atomic mass is 16.5. The number of benzene rings is 1. The van der Waals surface area contributed by atoms with Crippen LogP contribution in [0.3, 0.4) is 0 Å². The molecule has 0 unspecified atom stereocenters. The van der Waals surface area contributed by atoms with Crippen LogP contribution < -0.4 is 0 Å². The molecular formula is C17H21NO6. The lowest BCUT2D eigenvalue weighted by atomic mass is 10.2. The first-order valence-corrected chi connectivity index (χ1v) is 7.64. The number of nitrogens with zero attached hydrogens (tertiary/aromatic N) is 1. The Morgan fingerprint density at radius 1 is 1.12 bits per heavy atom. The van der Waals surface area contributed by atoms with Crippen molar-refractivity contribution in [3.05, 3.63) is 35.9 Å². The summed E-state index contributed by atoms with van der Waals surface area (Å²) in [5, 5.41) is 8.95. The van der Waals surface area contributed by atoms with Gasteiger partial charge in [-0.15, -0.1) is 0 Å². The van der Waals surface area contributed by atoms with Crippen molar-refractivity contribution >= 4 is 23.6 Å². The molecule has 0 aliphatic carbocycles. The molecule has 0 aromatic heterocycles. The summed E-state index contributed by atoms with van der Waals surface area (Å²) in [7, 11) is 0. The SMILES string of the molecule is CCOC(=O)C(CC)=N[C@@H](CC(=O)O)C(=O)OCc1ccccc1. The number of carboxylic acid groups (broad SMARTS) is 1. The fraction of sp³-hybridized carbons (Fsp3) is 0.412. The predicted octanol–water partition coefficient (Wildman–Crippen LogP) is 1.99. The third-order valence-electron chi connectivity index (χ3n) is 3.02. The van der Waals surface area contributed by atoms with Crippen LogP contribution in [0.15, 0.2) is 35.3 Å². The van der Waals surface area contributed by atoms with E-state index in [1.807, 2.05) is 6.07 Å². The van der Waals surface area contributed by atoms with Gasteiger partial charge in [0, 0.05) is 0 Å². The molecule has 1 aromatic carbocycles. The molecule has 0 saturated carbocycles. The van der Waals surface area contributed by atoms with Gasteiger partial charge >= 0.3 is 17.9 Å². The van der Waals surface area contributed by atoms with Crippen molar-refractivity contribution in [2.24, 2.45) is 4.99 Å². The fourth-order valence-electron chi connectivity index (χ4n) is 1.86. The highest BCUT2D eigenvalue weighted by molar-refractivity contribution is 6.36. The van der Waals surface area contributed by atoms with Crippen LogP contribution in [0, 0.1) is 0 Å². The monoisotopic (exact) mass is 335 g/mol. The number of carbonyl (C=O) groups is 3. The molecule has 0 bridgehead atoms. The van der Waals surface area contributed by atoms with E-state index in [-0.39, 0.29) is 25.3 Å². The molecule has 1 atom stereocenters. The number of carbonyl (C=O) groups excluding carboxylic acids is 2. The average molecular weight is 335 g/mol. The highest BCUT2D eigenvalue weighted by Crippen LogP contribution is 2.08. The van der Waals surface area contributed by atoms with E-state index in [1.54, 1.807) is 38.1 Å². The van der Waals surface area contributed by atoms with Crippen LogP contribution in [0.4, 0.5) is 0 Å². The smallest absolute Gasteiger partial charge is 0.352 e. The summed E-state index contributed by atoms with van der Waals surface area (Å²) >= 11 is 0. The number of aliphatic imine (C=N–C) groups is 1. The van der Waals surface area contributed by atoms with E-state index in [4.69, 9.17) is 14.6 Å². The Morgan fingerprint density at radius 3 is 2.33 bits per heavy atom. The van der Waals surface area contributed by atoms with Crippen LogP contribution in [-0.4, -0.2) is 41.4 Å². The van der Waals surface area contributed by atoms with E-state index in [2.05, 4.69) is 4.99 Å². The molecule has 0 aliphatic rings. The Balaban J connectivity index is 2.84. The lowest BCUT2D eigenvalue weighted by Gasteiger charge is -2.12. The van der Waals surface area contributed by atoms with Gasteiger partial charge in [-0.25, -0.2) is 9.59 Å². The van der Waals surface area contributed by atoms with Gasteiger partial charge in [0.2, 0.25) is 0 Å². The van der Waals surface area contributed by atoms with E-state index >= 15 is 0 Å². The molecule has 0 spiro atoms. The number of ether oxygens (including phenoxy) is 2. The van der Waals surface area contributed by atoms with Gasteiger partial charge in [-0.3, -0.25) is 9.79 Å². The van der Waals surface area contributed by atoms with Crippen molar-refractivity contribution in [1.29, 1.82) is 0 Å². The van der Waals surface area contributed by atoms with E-state index in [0.29, 0.717) is 0 Å². The quantitative estimate of drug-likeness (QED) is 0.547. The summed E-state index contributed by atoms with van der Waals surface area (Å²) in [6, 6.07) is 7.69. The Kier molecular flexibility index (Phi) is 8.18. The molecule has 1 rings (SSSR count). The average Bonchev–Trinajstić information content (AvgIpc) is 2.57. The zero-order chi connectivity index (χ0) is 17.9. The van der Waals surface area contributed by atoms with Crippen LogP contribution in [0.1, 0.15) is 32.3 Å². The van der Waals surface area contributed by atoms with Gasteiger partial charge in [0.25, 0.3) is 0 Å². The number of esters is 2. The predicted molar refractivity (Wildman–Crippen MR) is 86.6 cm³/mol. The first-order valence-electron chi connectivity index (χ1n) is 7.64. The van der Waals surface area contributed by atoms with Crippen LogP contribution in [0.5, 0.6) is 0 Å². The van der Waals surface area contributed by atoms with Gasteiger partial charge in [-0.1, -0.05) is 37.3 Å². The third kappa shape index (κ3) is 6.60. The van der Waals surface area contributed by atoms with E-state index in [1.165, 1.54) is 0 Å². The normalized spacial score (nSPS) is 12.3. The lowest BCUT2D eigenvalue weighted by Crippen LogP contribution is -2.28. The maximum absolute atomic E-state index is 12.1. The molecule has 7 heteroatoms. The molecule has 0 heterocycles. The number of hydrogen-bond acceptors (Lipinski definition) is 6. The first-order chi connectivity index (χ1) is 11.5. The molecule has 0 saturated heterocycles. The number of aliphatic carboxylic acids is 1. The number of hydrogen-bond donors (Lipinski definition) is 1. The first kappa shape index (κ1) is 19.3. The van der Waals surface area contributed by atoms with E-state index < -0.39 is 30.4 Å². The van der Waals surface area contributed by atoms with Crippen molar-refractivity contribution in [3.8, 4) is 0 Å². The van der Waals surface area contributed by atoms with Gasteiger partial charge in [0.15, 0.2) is 6.04 Å². The summed E-state index contributed by atoms with van der Waals surface area (Å²) in [4.78, 5) is 38.8. The molecule has 24 heavy (non-hydrogen) atoms. The molecule has 1 aromatic rings. The van der Waals surface area contributed by atoms with Crippen LogP contribution in [0.2, 0.25) is 0 Å². The summed E-state index contributed by atoms with van der Waals surface area (Å²) in [5.74, 6) is -2.66. The minimum atomic E-state index is -1.29. The lowest BCUT2D eigenvalue weighted by molar-refractivity contribution is -0.150. The van der Waals surface area contributed by atoms with Crippen molar-refractivity contribution in [3.63, 3.8) is 0 Å². The minimum Gasteiger partial charge on any atom is -0.481 e. The van der Waals surface area contributed by atoms with Gasteiger partial charge in [0.05, 0.1) is 13.0 Å². The van der Waals surface area contributed by atoms with Gasteiger partial charge in [0.1, 0.15) is 12.3 Å². The highest BCUT2D eigenvalue weighted by Gasteiger charge is 2.25. The summed E-state index contributed by atoms with van der Waals surface area (Å²) in [6.45, 7) is 3.49. The second-order valence-electron chi connectivity index (χ2n) is 4.86. The minimum absolute atomic E-state index is 0.00613. The van der Waals surface area contributed by atoms with Crippen molar-refractivity contribution < 1.29 is 29.0 Å². The fourth-order valence-corrected chi connectivity index (χ4v) is 1.86. The van der Waals surface area contributed by atoms with Gasteiger partial charge < -0.3 is 14.6 Å². The van der Waals surface area contributed by atoms with Gasteiger partial charge in [-0.05, 0) is 18.9 Å². The summed E-state index contributed by atoms with van der Waals surface area (Å²) < 4.78 is 9.96. The van der Waals surface area contributed by atoms with Gasteiger partial charge in [-0.2, -0.15) is 0 Å². The molecule has 7 nitrogen and oxygen atoms in total. The summed E-state index contributed by atoms with van der Waals surface area (Å²) in [5.41, 5.74) is 0.782. The van der Waals surface area contributed by atoms with E-state index in [9.17, 15) is 14.4 Å². The Bertz CT molecular complexity index is 596. The van der Waals surface area contributed by atoms with E-state index in [0.717, 1.165) is 5.56 Å². The topological polar surface area (TPSA) is 102 Å². The van der Waals surface area contributed by atoms with Crippen molar-refractivity contribution in [2.75, 3.05) is 6.61 Å². The molecule has 130 valence electrons. The number of rotatable bonds is 9. The molecule has 0 amide bonds. The van der Waals surface area contributed by atoms with Crippen molar-refractivity contribution in [2.45, 2.75) is 39.3 Å². The van der Waals surface area contributed by atoms with Crippen LogP contribution >= 0.6 is 0 Å². The van der Waals surface area contributed by atoms with Crippen LogP contribution in [0.25, 0.3) is 0 Å². The largest absolute Gasteiger partial charge is 0.481 e. The Hall–Kier alpha value is -2.70. The molecule has 0 radical (unpaired) electrons. The third-order valence-corrected chi connectivity index (χ3v) is 3.02. The zero-order valence-corrected chi connectivity index (χ0v) is 13.7. The van der Waals surface area contributed by atoms with Crippen molar-refractivity contribution in [1.82, 2.24) is 0 Å². The molecule has 0 aliphatic heterocycles. The Morgan fingerprint density at radius 2 is 1.79 bits per heavy atom. The second-order valence-corrected chi connectivity index (χ2v) is 4.86. The zero-order valence-electron chi connectivity index (χ0n) is 13.7. The Labute approximate surface area is 140 Å². The number of carboxylic acids is 1. The second kappa shape index (κ2) is 10.1. The maximum Gasteiger partial charge on any atom is 0.352 e. The molecule has 1 N–H and O–H groups in total. The maximum atomic E-state index is 12.1. The summed E-state index contributed by atoms with van der Waals surface area (Å²) in [6.07, 6.45) is -0.336. The molecule has 0 fully saturated rings. The molecular weight excluding hydrogens is 314 g/mol. The standard InChI is InChI=1S/C17H21NO6/c1-3-13(16(21)23-4-2)18-14(10-15(19)20)17(22)24-11-12-8-6-5-7-9-12/h5-9,14H,3-4,10-11H2,1-2H3,(H,19,20)/t14-/m0/s1.